The molecule has 0 atom stereocenters. The van der Waals surface area contributed by atoms with Gasteiger partial charge < -0.3 is 14.2 Å². The third-order valence-corrected chi connectivity index (χ3v) is 5.21. The average molecular weight is 384 g/mol. The molecule has 1 fully saturated rings. The molecule has 150 valence electrons. The molecule has 0 N–H and O–H groups in total. The number of allylic oxidation sites excluding steroid dienone is 1. The molecule has 4 heteroatoms. The van der Waals surface area contributed by atoms with Crippen molar-refractivity contribution in [3.8, 4) is 11.5 Å². The van der Waals surface area contributed by atoms with E-state index < -0.39 is 6.67 Å². The number of methoxy groups -OCH3 is 1. The van der Waals surface area contributed by atoms with E-state index in [1.807, 2.05) is 24.3 Å². The smallest absolute Gasteiger partial charge is 0.188 e. The summed E-state index contributed by atoms with van der Waals surface area (Å²) in [4.78, 5) is 0. The Bertz CT molecular complexity index is 702. The van der Waals surface area contributed by atoms with Gasteiger partial charge in [0.05, 0.1) is 0 Å². The number of ether oxygens (including phenoxy) is 3. The number of alkyl halides is 1. The average Bonchev–Trinajstić information content (AvgIpc) is 2.74. The van der Waals surface area contributed by atoms with Gasteiger partial charge >= 0.3 is 0 Å². The highest BCUT2D eigenvalue weighted by Gasteiger charge is 2.18. The molecule has 1 saturated carbocycles. The molecule has 0 aliphatic heterocycles. The predicted octanol–water partition coefficient (Wildman–Crippen LogP) is 6.03. The molecule has 0 saturated heterocycles. The minimum Gasteiger partial charge on any atom is -0.491 e. The minimum atomic E-state index is -0.479. The zero-order valence-electron chi connectivity index (χ0n) is 16.7. The van der Waals surface area contributed by atoms with Crippen LogP contribution in [0.15, 0.2) is 54.1 Å². The van der Waals surface area contributed by atoms with Gasteiger partial charge in [0.25, 0.3) is 0 Å². The largest absolute Gasteiger partial charge is 0.491 e. The third kappa shape index (κ3) is 5.35. The Balaban J connectivity index is 1.91. The molecule has 28 heavy (non-hydrogen) atoms. The Morgan fingerprint density at radius 2 is 1.43 bits per heavy atom. The third-order valence-electron chi connectivity index (χ3n) is 5.21. The topological polar surface area (TPSA) is 27.7 Å². The zero-order chi connectivity index (χ0) is 19.8. The van der Waals surface area contributed by atoms with Crippen molar-refractivity contribution in [1.29, 1.82) is 0 Å². The maximum absolute atomic E-state index is 12.3. The fourth-order valence-corrected chi connectivity index (χ4v) is 3.65. The zero-order valence-corrected chi connectivity index (χ0v) is 16.7. The van der Waals surface area contributed by atoms with E-state index in [9.17, 15) is 4.39 Å². The van der Waals surface area contributed by atoms with Gasteiger partial charge in [-0.2, -0.15) is 0 Å². The first kappa shape index (κ1) is 20.4. The van der Waals surface area contributed by atoms with E-state index in [0.717, 1.165) is 24.5 Å². The normalized spacial score (nSPS) is 16.7. The highest BCUT2D eigenvalue weighted by Crippen LogP contribution is 2.37. The summed E-state index contributed by atoms with van der Waals surface area (Å²) in [6.45, 7) is 2.18. The SMILES string of the molecule is COCOc1ccc(C(=C2CCC(C)CC2)c2ccc(OCCF)cc2)cc1. The lowest BCUT2D eigenvalue weighted by Crippen LogP contribution is -2.07. The van der Waals surface area contributed by atoms with Gasteiger partial charge in [0, 0.05) is 7.11 Å². The summed E-state index contributed by atoms with van der Waals surface area (Å²) in [6.07, 6.45) is 4.70. The van der Waals surface area contributed by atoms with Crippen LogP contribution in [0.4, 0.5) is 4.39 Å². The summed E-state index contributed by atoms with van der Waals surface area (Å²) < 4.78 is 28.2. The first-order valence-corrected chi connectivity index (χ1v) is 9.94. The Hall–Kier alpha value is -2.33. The van der Waals surface area contributed by atoms with Crippen LogP contribution in [-0.4, -0.2) is 27.2 Å². The second-order valence-corrected chi connectivity index (χ2v) is 7.30. The summed E-state index contributed by atoms with van der Waals surface area (Å²) in [5, 5.41) is 0. The van der Waals surface area contributed by atoms with Gasteiger partial charge in [-0.15, -0.1) is 0 Å². The first-order chi connectivity index (χ1) is 13.7. The maximum atomic E-state index is 12.3. The van der Waals surface area contributed by atoms with Crippen LogP contribution in [-0.2, 0) is 4.74 Å². The molecule has 0 spiro atoms. The number of halogens is 1. The van der Waals surface area contributed by atoms with E-state index in [0.29, 0.717) is 5.75 Å². The van der Waals surface area contributed by atoms with Crippen LogP contribution in [0.3, 0.4) is 0 Å². The maximum Gasteiger partial charge on any atom is 0.188 e. The monoisotopic (exact) mass is 384 g/mol. The summed E-state index contributed by atoms with van der Waals surface area (Å²) >= 11 is 0. The number of hydrogen-bond donors (Lipinski definition) is 0. The van der Waals surface area contributed by atoms with E-state index in [4.69, 9.17) is 14.2 Å². The van der Waals surface area contributed by atoms with Gasteiger partial charge in [0.2, 0.25) is 0 Å². The van der Waals surface area contributed by atoms with E-state index >= 15 is 0 Å². The molecule has 3 nitrogen and oxygen atoms in total. The van der Waals surface area contributed by atoms with E-state index in [1.165, 1.54) is 35.1 Å². The summed E-state index contributed by atoms with van der Waals surface area (Å²) in [5.41, 5.74) is 5.15. The standard InChI is InChI=1S/C24H29FO3/c1-18-3-5-19(6-4-18)24(20-7-11-22(12-8-20)27-16-15-25)21-9-13-23(14-10-21)28-17-26-2/h7-14,18H,3-6,15-17H2,1-2H3. The van der Waals surface area contributed by atoms with Gasteiger partial charge in [-0.1, -0.05) is 36.8 Å². The molecule has 3 rings (SSSR count). The Kier molecular flexibility index (Phi) is 7.49. The number of benzene rings is 2. The van der Waals surface area contributed by atoms with Crippen molar-refractivity contribution in [1.82, 2.24) is 0 Å². The van der Waals surface area contributed by atoms with Crippen molar-refractivity contribution in [2.24, 2.45) is 5.92 Å². The fraction of sp³-hybridized carbons (Fsp3) is 0.417. The molecule has 0 heterocycles. The predicted molar refractivity (Wildman–Crippen MR) is 111 cm³/mol. The lowest BCUT2D eigenvalue weighted by Gasteiger charge is -2.24. The molecular weight excluding hydrogens is 355 g/mol. The highest BCUT2D eigenvalue weighted by atomic mass is 19.1. The Labute approximate surface area is 167 Å². The van der Waals surface area contributed by atoms with Crippen LogP contribution in [0.1, 0.15) is 43.7 Å². The van der Waals surface area contributed by atoms with E-state index in [1.54, 1.807) is 7.11 Å². The van der Waals surface area contributed by atoms with Gasteiger partial charge in [0.1, 0.15) is 24.8 Å². The number of hydrogen-bond acceptors (Lipinski definition) is 3. The molecular formula is C24H29FO3. The lowest BCUT2D eigenvalue weighted by molar-refractivity contribution is 0.0511. The van der Waals surface area contributed by atoms with Crippen LogP contribution in [0, 0.1) is 5.92 Å². The lowest BCUT2D eigenvalue weighted by atomic mass is 9.81. The molecule has 1 aliphatic carbocycles. The minimum absolute atomic E-state index is 0.0914. The van der Waals surface area contributed by atoms with Crippen LogP contribution in [0.25, 0.3) is 5.57 Å². The van der Waals surface area contributed by atoms with Crippen molar-refractivity contribution in [2.45, 2.75) is 32.6 Å². The van der Waals surface area contributed by atoms with Crippen LogP contribution < -0.4 is 9.47 Å². The van der Waals surface area contributed by atoms with Crippen LogP contribution in [0.2, 0.25) is 0 Å². The van der Waals surface area contributed by atoms with Gasteiger partial charge in [-0.3, -0.25) is 0 Å². The van der Waals surface area contributed by atoms with Crippen molar-refractivity contribution in [3.63, 3.8) is 0 Å². The first-order valence-electron chi connectivity index (χ1n) is 9.94. The van der Waals surface area contributed by atoms with Crippen LogP contribution in [0.5, 0.6) is 11.5 Å². The summed E-state index contributed by atoms with van der Waals surface area (Å²) in [6, 6.07) is 16.2. The Morgan fingerprint density at radius 1 is 0.893 bits per heavy atom. The van der Waals surface area contributed by atoms with Crippen molar-refractivity contribution in [2.75, 3.05) is 27.2 Å². The molecule has 0 unspecified atom stereocenters. The molecule has 0 aromatic heterocycles. The van der Waals surface area contributed by atoms with Gasteiger partial charge in [0.15, 0.2) is 6.79 Å². The molecule has 0 bridgehead atoms. The molecule has 0 radical (unpaired) electrons. The quantitative estimate of drug-likeness (QED) is 0.520. The highest BCUT2D eigenvalue weighted by molar-refractivity contribution is 5.82. The van der Waals surface area contributed by atoms with Gasteiger partial charge in [-0.25, -0.2) is 4.39 Å². The van der Waals surface area contributed by atoms with Crippen LogP contribution >= 0.6 is 0 Å². The molecule has 0 amide bonds. The second kappa shape index (κ2) is 10.3. The summed E-state index contributed by atoms with van der Waals surface area (Å²) in [5.74, 6) is 2.28. The second-order valence-electron chi connectivity index (χ2n) is 7.30. The fourth-order valence-electron chi connectivity index (χ4n) is 3.65. The van der Waals surface area contributed by atoms with E-state index in [-0.39, 0.29) is 13.4 Å². The molecule has 1 aliphatic rings. The van der Waals surface area contributed by atoms with Crippen molar-refractivity contribution < 1.29 is 18.6 Å². The van der Waals surface area contributed by atoms with Gasteiger partial charge in [-0.05, 0) is 72.6 Å². The van der Waals surface area contributed by atoms with E-state index in [2.05, 4.69) is 31.2 Å². The van der Waals surface area contributed by atoms with Crippen molar-refractivity contribution in [3.05, 3.63) is 65.2 Å². The Morgan fingerprint density at radius 3 is 1.93 bits per heavy atom. The number of rotatable bonds is 8. The molecule has 2 aromatic rings. The summed E-state index contributed by atoms with van der Waals surface area (Å²) in [7, 11) is 1.61. The molecule has 2 aromatic carbocycles. The van der Waals surface area contributed by atoms with Crippen molar-refractivity contribution >= 4 is 5.57 Å².